The van der Waals surface area contributed by atoms with Crippen molar-refractivity contribution in [1.82, 2.24) is 30.4 Å². The van der Waals surface area contributed by atoms with Crippen LogP contribution in [-0.2, 0) is 17.9 Å². The third-order valence-electron chi connectivity index (χ3n) is 5.60. The third kappa shape index (κ3) is 5.79. The van der Waals surface area contributed by atoms with Gasteiger partial charge in [-0.25, -0.2) is 4.68 Å². The normalized spacial score (nSPS) is 18.9. The first-order valence-corrected chi connectivity index (χ1v) is 11.6. The zero-order valence-corrected chi connectivity index (χ0v) is 17.9. The topological polar surface area (TPSA) is 75.9 Å². The van der Waals surface area contributed by atoms with Crippen LogP contribution in [0.3, 0.4) is 0 Å². The molecule has 2 aliphatic rings. The molecular formula is C21H30N6OS. The molecule has 0 spiro atoms. The summed E-state index contributed by atoms with van der Waals surface area (Å²) in [5.74, 6) is 0.00832. The second kappa shape index (κ2) is 9.71. The van der Waals surface area contributed by atoms with E-state index in [2.05, 4.69) is 50.0 Å². The number of hydrogen-bond acceptors (Lipinski definition) is 6. The van der Waals surface area contributed by atoms with Gasteiger partial charge in [0.2, 0.25) is 11.1 Å². The zero-order valence-electron chi connectivity index (χ0n) is 17.1. The molecule has 7 nitrogen and oxygen atoms in total. The van der Waals surface area contributed by atoms with E-state index in [1.165, 1.54) is 56.1 Å². The Morgan fingerprint density at radius 2 is 1.83 bits per heavy atom. The standard InChI is InChI=1S/C21H30N6OS/c1-16(29-21-23-24-25-27(21)19-10-11-19)20(28)22-14-17-6-8-18(9-7-17)15-26-12-4-2-3-5-13-26/h6-9,16,19H,2-5,10-15H2,1H3,(H,22,28). The average Bonchev–Trinajstić information content (AvgIpc) is 3.52. The van der Waals surface area contributed by atoms with Gasteiger partial charge in [-0.2, -0.15) is 0 Å². The SMILES string of the molecule is CC(Sc1nnnn1C1CC1)C(=O)NCc1ccc(CN2CCCCCC2)cc1. The summed E-state index contributed by atoms with van der Waals surface area (Å²) in [5.41, 5.74) is 2.47. The highest BCUT2D eigenvalue weighted by atomic mass is 32.2. The van der Waals surface area contributed by atoms with Gasteiger partial charge in [-0.15, -0.1) is 5.10 Å². The van der Waals surface area contributed by atoms with Crippen LogP contribution < -0.4 is 5.32 Å². The van der Waals surface area contributed by atoms with E-state index in [1.807, 2.05) is 11.6 Å². The van der Waals surface area contributed by atoms with E-state index in [1.54, 1.807) is 0 Å². The Labute approximate surface area is 176 Å². The highest BCUT2D eigenvalue weighted by molar-refractivity contribution is 8.00. The third-order valence-corrected chi connectivity index (χ3v) is 6.65. The first kappa shape index (κ1) is 20.3. The molecule has 29 heavy (non-hydrogen) atoms. The van der Waals surface area contributed by atoms with Crippen LogP contribution in [0.15, 0.2) is 29.4 Å². The lowest BCUT2D eigenvalue weighted by molar-refractivity contribution is -0.120. The molecule has 1 unspecified atom stereocenters. The molecule has 1 aromatic carbocycles. The molecule has 1 amide bonds. The number of tetrazole rings is 1. The molecule has 8 heteroatoms. The lowest BCUT2D eigenvalue weighted by Gasteiger charge is -2.19. The van der Waals surface area contributed by atoms with Crippen LogP contribution in [0.5, 0.6) is 0 Å². The van der Waals surface area contributed by atoms with Gasteiger partial charge in [0.1, 0.15) is 0 Å². The van der Waals surface area contributed by atoms with E-state index in [4.69, 9.17) is 0 Å². The number of thioether (sulfide) groups is 1. The number of nitrogens with zero attached hydrogens (tertiary/aromatic N) is 5. The van der Waals surface area contributed by atoms with Crippen molar-refractivity contribution in [1.29, 1.82) is 0 Å². The zero-order chi connectivity index (χ0) is 20.1. The smallest absolute Gasteiger partial charge is 0.233 e. The average molecular weight is 415 g/mol. The number of hydrogen-bond donors (Lipinski definition) is 1. The van der Waals surface area contributed by atoms with Crippen molar-refractivity contribution in [3.8, 4) is 0 Å². The summed E-state index contributed by atoms with van der Waals surface area (Å²) in [6.45, 7) is 5.88. The number of benzene rings is 1. The summed E-state index contributed by atoms with van der Waals surface area (Å²) < 4.78 is 1.84. The van der Waals surface area contributed by atoms with Crippen LogP contribution in [-0.4, -0.2) is 49.4 Å². The van der Waals surface area contributed by atoms with Crippen LogP contribution in [0.25, 0.3) is 0 Å². The second-order valence-corrected chi connectivity index (χ2v) is 9.43. The highest BCUT2D eigenvalue weighted by Gasteiger charge is 2.29. The van der Waals surface area contributed by atoms with Gasteiger partial charge in [-0.1, -0.05) is 48.9 Å². The number of likely N-dealkylation sites (tertiary alicyclic amines) is 1. The van der Waals surface area contributed by atoms with Gasteiger partial charge in [0.05, 0.1) is 11.3 Å². The van der Waals surface area contributed by atoms with E-state index in [-0.39, 0.29) is 11.2 Å². The quantitative estimate of drug-likeness (QED) is 0.669. The molecule has 1 saturated heterocycles. The molecule has 1 N–H and O–H groups in total. The van der Waals surface area contributed by atoms with Gasteiger partial charge in [-0.05, 0) is 67.3 Å². The summed E-state index contributed by atoms with van der Waals surface area (Å²) in [7, 11) is 0. The van der Waals surface area contributed by atoms with Crippen LogP contribution in [0.4, 0.5) is 0 Å². The lowest BCUT2D eigenvalue weighted by Crippen LogP contribution is -2.30. The fourth-order valence-corrected chi connectivity index (χ4v) is 4.55. The maximum absolute atomic E-state index is 12.5. The largest absolute Gasteiger partial charge is 0.351 e. The van der Waals surface area contributed by atoms with Crippen molar-refractivity contribution in [2.75, 3.05) is 13.1 Å². The molecule has 1 atom stereocenters. The summed E-state index contributed by atoms with van der Waals surface area (Å²) in [4.78, 5) is 15.0. The predicted molar refractivity (Wildman–Crippen MR) is 113 cm³/mol. The van der Waals surface area contributed by atoms with E-state index in [0.29, 0.717) is 12.6 Å². The van der Waals surface area contributed by atoms with Crippen molar-refractivity contribution < 1.29 is 4.79 Å². The minimum absolute atomic E-state index is 0.00832. The van der Waals surface area contributed by atoms with Gasteiger partial charge < -0.3 is 5.32 Å². The molecule has 4 rings (SSSR count). The van der Waals surface area contributed by atoms with Gasteiger partial charge in [-0.3, -0.25) is 9.69 Å². The Morgan fingerprint density at radius 1 is 1.14 bits per heavy atom. The summed E-state index contributed by atoms with van der Waals surface area (Å²) in [5, 5.41) is 15.4. The van der Waals surface area contributed by atoms with Crippen LogP contribution in [0.1, 0.15) is 62.6 Å². The maximum atomic E-state index is 12.5. The number of nitrogens with one attached hydrogen (secondary N) is 1. The molecule has 1 saturated carbocycles. The van der Waals surface area contributed by atoms with Gasteiger partial charge >= 0.3 is 0 Å². The van der Waals surface area contributed by atoms with Crippen molar-refractivity contribution >= 4 is 17.7 Å². The number of carbonyl (C=O) groups excluding carboxylic acids is 1. The first-order valence-electron chi connectivity index (χ1n) is 10.7. The Hall–Kier alpha value is -1.93. The monoisotopic (exact) mass is 414 g/mol. The Kier molecular flexibility index (Phi) is 6.82. The number of carbonyl (C=O) groups is 1. The molecule has 0 bridgehead atoms. The molecule has 2 fully saturated rings. The van der Waals surface area contributed by atoms with Crippen molar-refractivity contribution in [2.24, 2.45) is 0 Å². The summed E-state index contributed by atoms with van der Waals surface area (Å²) in [6, 6.07) is 9.04. The van der Waals surface area contributed by atoms with Crippen LogP contribution in [0, 0.1) is 0 Å². The fraction of sp³-hybridized carbons (Fsp3) is 0.619. The highest BCUT2D eigenvalue weighted by Crippen LogP contribution is 2.37. The molecule has 1 aromatic heterocycles. The molecule has 156 valence electrons. The Balaban J connectivity index is 1.23. The van der Waals surface area contributed by atoms with E-state index in [0.717, 1.165) is 30.1 Å². The predicted octanol–water partition coefficient (Wildman–Crippen LogP) is 3.18. The van der Waals surface area contributed by atoms with Crippen molar-refractivity contribution in [3.05, 3.63) is 35.4 Å². The molecule has 0 radical (unpaired) electrons. The molecule has 1 aliphatic heterocycles. The van der Waals surface area contributed by atoms with Crippen molar-refractivity contribution in [3.63, 3.8) is 0 Å². The fourth-order valence-electron chi connectivity index (χ4n) is 3.67. The van der Waals surface area contributed by atoms with Crippen molar-refractivity contribution in [2.45, 2.75) is 75.0 Å². The van der Waals surface area contributed by atoms with Crippen LogP contribution in [0.2, 0.25) is 0 Å². The molecule has 2 heterocycles. The van der Waals surface area contributed by atoms with E-state index < -0.39 is 0 Å². The molecule has 2 aromatic rings. The summed E-state index contributed by atoms with van der Waals surface area (Å²) in [6.07, 6.45) is 7.59. The molecule has 1 aliphatic carbocycles. The number of aromatic nitrogens is 4. The van der Waals surface area contributed by atoms with Gasteiger partial charge in [0.25, 0.3) is 0 Å². The van der Waals surface area contributed by atoms with E-state index in [9.17, 15) is 4.79 Å². The van der Waals surface area contributed by atoms with E-state index >= 15 is 0 Å². The first-order chi connectivity index (χ1) is 14.2. The van der Waals surface area contributed by atoms with Gasteiger partial charge in [0.15, 0.2) is 0 Å². The van der Waals surface area contributed by atoms with Crippen LogP contribution >= 0.6 is 11.8 Å². The lowest BCUT2D eigenvalue weighted by atomic mass is 10.1. The Morgan fingerprint density at radius 3 is 2.52 bits per heavy atom. The second-order valence-electron chi connectivity index (χ2n) is 8.12. The van der Waals surface area contributed by atoms with Gasteiger partial charge in [0, 0.05) is 13.1 Å². The number of amides is 1. The number of rotatable bonds is 8. The minimum atomic E-state index is -0.235. The molecular weight excluding hydrogens is 384 g/mol. The minimum Gasteiger partial charge on any atom is -0.351 e. The Bertz CT molecular complexity index is 796. The maximum Gasteiger partial charge on any atom is 0.233 e. The summed E-state index contributed by atoms with van der Waals surface area (Å²) >= 11 is 1.42.